The van der Waals surface area contributed by atoms with E-state index < -0.39 is 0 Å². The summed E-state index contributed by atoms with van der Waals surface area (Å²) >= 11 is 0. The molecule has 5 nitrogen and oxygen atoms in total. The summed E-state index contributed by atoms with van der Waals surface area (Å²) in [6.45, 7) is 10.3. The van der Waals surface area contributed by atoms with Gasteiger partial charge in [0.15, 0.2) is 0 Å². The van der Waals surface area contributed by atoms with Crippen LogP contribution in [0.1, 0.15) is 57.1 Å². The van der Waals surface area contributed by atoms with Gasteiger partial charge in [0.2, 0.25) is 0 Å². The molecule has 0 unspecified atom stereocenters. The van der Waals surface area contributed by atoms with Crippen LogP contribution in [-0.2, 0) is 0 Å². The van der Waals surface area contributed by atoms with Gasteiger partial charge in [0.25, 0.3) is 5.91 Å². The van der Waals surface area contributed by atoms with Crippen LogP contribution < -0.4 is 10.6 Å². The Morgan fingerprint density at radius 2 is 1.61 bits per heavy atom. The van der Waals surface area contributed by atoms with Gasteiger partial charge in [-0.25, -0.2) is 4.68 Å². The van der Waals surface area contributed by atoms with E-state index >= 15 is 0 Å². The molecule has 1 fully saturated rings. The first-order valence-electron chi connectivity index (χ1n) is 10.7. The third-order valence-corrected chi connectivity index (χ3v) is 6.28. The van der Waals surface area contributed by atoms with Crippen LogP contribution >= 0.6 is 12.4 Å². The average Bonchev–Trinajstić information content (AvgIpc) is 3.19. The normalized spacial score (nSPS) is 14.2. The number of hydrogen-bond acceptors (Lipinski definition) is 3. The van der Waals surface area contributed by atoms with Gasteiger partial charge in [0, 0.05) is 11.6 Å². The van der Waals surface area contributed by atoms with E-state index in [1.165, 1.54) is 16.7 Å². The number of nitrogens with zero attached hydrogens (tertiary/aromatic N) is 2. The van der Waals surface area contributed by atoms with E-state index in [-0.39, 0.29) is 18.3 Å². The summed E-state index contributed by atoms with van der Waals surface area (Å²) in [5.74, 6) is 0.206. The van der Waals surface area contributed by atoms with Gasteiger partial charge < -0.3 is 10.6 Å². The van der Waals surface area contributed by atoms with E-state index in [9.17, 15) is 4.79 Å². The van der Waals surface area contributed by atoms with E-state index in [4.69, 9.17) is 0 Å². The molecule has 1 aliphatic heterocycles. The van der Waals surface area contributed by atoms with Crippen molar-refractivity contribution in [1.29, 1.82) is 0 Å². The Hall–Kier alpha value is -2.63. The number of benzene rings is 2. The fourth-order valence-electron chi connectivity index (χ4n) is 4.10. The second-order valence-corrected chi connectivity index (χ2v) is 8.40. The lowest BCUT2D eigenvalue weighted by Crippen LogP contribution is -2.29. The number of anilines is 1. The molecule has 0 spiro atoms. The molecule has 2 heterocycles. The minimum absolute atomic E-state index is 0. The maximum Gasteiger partial charge on any atom is 0.259 e. The van der Waals surface area contributed by atoms with Crippen LogP contribution in [0.4, 0.5) is 5.69 Å². The maximum atomic E-state index is 13.3. The first-order valence-corrected chi connectivity index (χ1v) is 10.7. The molecule has 1 aliphatic rings. The van der Waals surface area contributed by atoms with Crippen LogP contribution in [0.2, 0.25) is 0 Å². The number of halogens is 1. The van der Waals surface area contributed by atoms with Crippen molar-refractivity contribution in [1.82, 2.24) is 15.1 Å². The molecule has 0 saturated carbocycles. The lowest BCUT2D eigenvalue weighted by Gasteiger charge is -2.25. The van der Waals surface area contributed by atoms with Gasteiger partial charge in [-0.05, 0) is 100 Å². The number of carbonyl (C=O) groups is 1. The predicted octanol–water partition coefficient (Wildman–Crippen LogP) is 5.25. The molecule has 4 rings (SSSR count). The lowest BCUT2D eigenvalue weighted by molar-refractivity contribution is 0.102. The van der Waals surface area contributed by atoms with Crippen molar-refractivity contribution in [3.8, 4) is 5.69 Å². The minimum atomic E-state index is -0.0955. The third kappa shape index (κ3) is 4.83. The highest BCUT2D eigenvalue weighted by Crippen LogP contribution is 2.31. The van der Waals surface area contributed by atoms with Crippen molar-refractivity contribution >= 4 is 24.0 Å². The number of carbonyl (C=O) groups excluding carboxylic acids is 1. The molecule has 1 amide bonds. The zero-order valence-corrected chi connectivity index (χ0v) is 19.5. The van der Waals surface area contributed by atoms with Crippen LogP contribution in [0.3, 0.4) is 0 Å². The van der Waals surface area contributed by atoms with Crippen molar-refractivity contribution in [2.45, 2.75) is 46.5 Å². The first-order chi connectivity index (χ1) is 14.4. The van der Waals surface area contributed by atoms with Crippen LogP contribution in [-0.4, -0.2) is 28.8 Å². The Labute approximate surface area is 190 Å². The van der Waals surface area contributed by atoms with Crippen LogP contribution in [0.5, 0.6) is 0 Å². The quantitative estimate of drug-likeness (QED) is 0.585. The topological polar surface area (TPSA) is 59.0 Å². The molecule has 0 bridgehead atoms. The van der Waals surface area contributed by atoms with E-state index in [0.29, 0.717) is 11.5 Å². The summed E-state index contributed by atoms with van der Waals surface area (Å²) in [6, 6.07) is 12.4. The van der Waals surface area contributed by atoms with Crippen molar-refractivity contribution in [2.24, 2.45) is 0 Å². The van der Waals surface area contributed by atoms with Gasteiger partial charge in [0.05, 0.1) is 23.1 Å². The highest BCUT2D eigenvalue weighted by molar-refractivity contribution is 6.05. The van der Waals surface area contributed by atoms with Gasteiger partial charge in [-0.15, -0.1) is 12.4 Å². The Morgan fingerprint density at radius 1 is 0.968 bits per heavy atom. The molecule has 1 aromatic heterocycles. The number of nitrogens with one attached hydrogen (secondary N) is 2. The second kappa shape index (κ2) is 9.67. The van der Waals surface area contributed by atoms with Gasteiger partial charge in [-0.1, -0.05) is 12.1 Å². The Morgan fingerprint density at radius 3 is 2.26 bits per heavy atom. The summed E-state index contributed by atoms with van der Waals surface area (Å²) < 4.78 is 1.97. The molecule has 31 heavy (non-hydrogen) atoms. The smallest absolute Gasteiger partial charge is 0.259 e. The van der Waals surface area contributed by atoms with E-state index in [1.54, 1.807) is 6.20 Å². The Balaban J connectivity index is 0.00000272. The summed E-state index contributed by atoms with van der Waals surface area (Å²) in [4.78, 5) is 13.3. The van der Waals surface area contributed by atoms with Crippen LogP contribution in [0.25, 0.3) is 5.69 Å². The highest BCUT2D eigenvalue weighted by Gasteiger charge is 2.27. The van der Waals surface area contributed by atoms with E-state index in [2.05, 4.69) is 61.6 Å². The third-order valence-electron chi connectivity index (χ3n) is 6.28. The lowest BCUT2D eigenvalue weighted by atomic mass is 9.91. The number of hydrogen-bond donors (Lipinski definition) is 2. The summed E-state index contributed by atoms with van der Waals surface area (Å²) in [5, 5.41) is 11.2. The molecule has 3 aromatic rings. The molecule has 2 aromatic carbocycles. The maximum absolute atomic E-state index is 13.3. The summed E-state index contributed by atoms with van der Waals surface area (Å²) in [7, 11) is 0. The largest absolute Gasteiger partial charge is 0.322 e. The molecule has 6 heteroatoms. The molecule has 0 aliphatic carbocycles. The number of rotatable bonds is 4. The van der Waals surface area contributed by atoms with Gasteiger partial charge in [-0.2, -0.15) is 5.10 Å². The van der Waals surface area contributed by atoms with Gasteiger partial charge in [0.1, 0.15) is 0 Å². The highest BCUT2D eigenvalue weighted by atomic mass is 35.5. The van der Waals surface area contributed by atoms with Gasteiger partial charge >= 0.3 is 0 Å². The molecule has 0 radical (unpaired) electrons. The number of aryl methyl sites for hydroxylation is 4. The monoisotopic (exact) mass is 438 g/mol. The zero-order valence-electron chi connectivity index (χ0n) is 18.7. The second-order valence-electron chi connectivity index (χ2n) is 8.40. The summed E-state index contributed by atoms with van der Waals surface area (Å²) in [6.07, 6.45) is 3.73. The van der Waals surface area contributed by atoms with Crippen molar-refractivity contribution in [3.05, 3.63) is 76.1 Å². The molecular weight excluding hydrogens is 408 g/mol. The number of piperidine rings is 1. The molecular formula is C25H31ClN4O. The predicted molar refractivity (Wildman–Crippen MR) is 129 cm³/mol. The molecule has 2 N–H and O–H groups in total. The molecule has 1 saturated heterocycles. The average molecular weight is 439 g/mol. The molecule has 164 valence electrons. The molecule has 0 atom stereocenters. The number of aromatic nitrogens is 2. The van der Waals surface area contributed by atoms with Crippen molar-refractivity contribution < 1.29 is 4.79 Å². The zero-order chi connectivity index (χ0) is 21.3. The van der Waals surface area contributed by atoms with E-state index in [1.807, 2.05) is 22.9 Å². The number of amides is 1. The van der Waals surface area contributed by atoms with Crippen molar-refractivity contribution in [3.63, 3.8) is 0 Å². The SMILES string of the molecule is Cc1ccc(NC(=O)c2cnn(-c3ccc(C)c(C)c3)c2C2CCNCC2)cc1C.Cl. The standard InChI is InChI=1S/C25H30N4O.ClH/c1-16-5-7-21(13-18(16)3)28-25(30)23-15-27-29(22-8-6-17(2)19(4)14-22)24(23)20-9-11-26-12-10-20;/h5-8,13-15,20,26H,9-12H2,1-4H3,(H,28,30);1H. The van der Waals surface area contributed by atoms with Gasteiger partial charge in [-0.3, -0.25) is 4.79 Å². The minimum Gasteiger partial charge on any atom is -0.322 e. The fraction of sp³-hybridized carbons (Fsp3) is 0.360. The summed E-state index contributed by atoms with van der Waals surface area (Å²) in [5.41, 5.74) is 8.36. The van der Waals surface area contributed by atoms with Crippen LogP contribution in [0.15, 0.2) is 42.6 Å². The van der Waals surface area contributed by atoms with Crippen LogP contribution in [0, 0.1) is 27.7 Å². The van der Waals surface area contributed by atoms with Crippen molar-refractivity contribution in [2.75, 3.05) is 18.4 Å². The Kier molecular flexibility index (Phi) is 7.19. The first kappa shape index (κ1) is 23.0. The fourth-order valence-corrected chi connectivity index (χ4v) is 4.10. The van der Waals surface area contributed by atoms with E-state index in [0.717, 1.165) is 48.6 Å². The Bertz CT molecular complexity index is 1080.